The standard InChI is InChI=1S/C18H23NO5/c1-22-15-8-13(18(21)24-3)14(9-16(15)23-2)19-17(20)12-7-10-4-5-11(12)6-10/h8-12H,4-7H2,1-3H3,(H,19,20). The van der Waals surface area contributed by atoms with Gasteiger partial charge in [-0.3, -0.25) is 4.79 Å². The Morgan fingerprint density at radius 1 is 1.04 bits per heavy atom. The third kappa shape index (κ3) is 2.92. The van der Waals surface area contributed by atoms with Crippen molar-refractivity contribution in [3.8, 4) is 11.5 Å². The van der Waals surface area contributed by atoms with Crippen molar-refractivity contribution in [3.05, 3.63) is 17.7 Å². The van der Waals surface area contributed by atoms with Crippen molar-refractivity contribution in [1.29, 1.82) is 0 Å². The lowest BCUT2D eigenvalue weighted by Gasteiger charge is -2.22. The van der Waals surface area contributed by atoms with Crippen molar-refractivity contribution < 1.29 is 23.8 Å². The molecule has 2 saturated carbocycles. The number of carbonyl (C=O) groups is 2. The summed E-state index contributed by atoms with van der Waals surface area (Å²) in [5.74, 6) is 1.48. The van der Waals surface area contributed by atoms with Crippen molar-refractivity contribution in [3.63, 3.8) is 0 Å². The minimum absolute atomic E-state index is 0.0282. The predicted octanol–water partition coefficient (Wildman–Crippen LogP) is 2.87. The van der Waals surface area contributed by atoms with E-state index in [4.69, 9.17) is 14.2 Å². The fourth-order valence-corrected chi connectivity index (χ4v) is 4.05. The monoisotopic (exact) mass is 333 g/mol. The number of hydrogen-bond donors (Lipinski definition) is 1. The van der Waals surface area contributed by atoms with E-state index in [1.165, 1.54) is 33.8 Å². The molecular formula is C18H23NO5. The molecule has 1 amide bonds. The maximum atomic E-state index is 12.7. The molecule has 24 heavy (non-hydrogen) atoms. The first-order valence-electron chi connectivity index (χ1n) is 8.22. The van der Waals surface area contributed by atoms with Gasteiger partial charge in [-0.25, -0.2) is 4.79 Å². The number of fused-ring (bicyclic) bond motifs is 2. The van der Waals surface area contributed by atoms with E-state index in [-0.39, 0.29) is 17.4 Å². The van der Waals surface area contributed by atoms with E-state index in [0.29, 0.717) is 29.0 Å². The largest absolute Gasteiger partial charge is 0.493 e. The average molecular weight is 333 g/mol. The van der Waals surface area contributed by atoms with Crippen molar-refractivity contribution >= 4 is 17.6 Å². The van der Waals surface area contributed by atoms with Crippen LogP contribution in [0.3, 0.4) is 0 Å². The highest BCUT2D eigenvalue weighted by molar-refractivity contribution is 6.03. The summed E-state index contributed by atoms with van der Waals surface area (Å²) in [6.07, 6.45) is 4.45. The van der Waals surface area contributed by atoms with Crippen molar-refractivity contribution in [2.45, 2.75) is 25.7 Å². The number of esters is 1. The molecule has 0 aromatic heterocycles. The van der Waals surface area contributed by atoms with E-state index in [2.05, 4.69) is 5.32 Å². The molecule has 3 unspecified atom stereocenters. The predicted molar refractivity (Wildman–Crippen MR) is 88.5 cm³/mol. The molecule has 2 aliphatic carbocycles. The molecule has 6 heteroatoms. The second-order valence-electron chi connectivity index (χ2n) is 6.51. The van der Waals surface area contributed by atoms with Crippen LogP contribution in [0.25, 0.3) is 0 Å². The van der Waals surface area contributed by atoms with Gasteiger partial charge in [-0.15, -0.1) is 0 Å². The highest BCUT2D eigenvalue weighted by Crippen LogP contribution is 2.48. The first-order chi connectivity index (χ1) is 11.6. The zero-order valence-corrected chi connectivity index (χ0v) is 14.3. The quantitative estimate of drug-likeness (QED) is 0.839. The van der Waals surface area contributed by atoms with Crippen LogP contribution in [-0.2, 0) is 9.53 Å². The van der Waals surface area contributed by atoms with E-state index in [1.54, 1.807) is 6.07 Å². The Balaban J connectivity index is 1.87. The number of rotatable bonds is 5. The summed E-state index contributed by atoms with van der Waals surface area (Å²) in [7, 11) is 4.31. The summed E-state index contributed by atoms with van der Waals surface area (Å²) in [5, 5.41) is 2.90. The molecule has 1 aromatic rings. The number of amides is 1. The SMILES string of the molecule is COC(=O)c1cc(OC)c(OC)cc1NC(=O)C1CC2CCC1C2. The third-order valence-electron chi connectivity index (χ3n) is 5.26. The van der Waals surface area contributed by atoms with Gasteiger partial charge < -0.3 is 19.5 Å². The second-order valence-corrected chi connectivity index (χ2v) is 6.51. The third-order valence-corrected chi connectivity index (χ3v) is 5.26. The van der Waals surface area contributed by atoms with Gasteiger partial charge in [0.15, 0.2) is 11.5 Å². The van der Waals surface area contributed by atoms with Crippen LogP contribution in [0.1, 0.15) is 36.0 Å². The van der Waals surface area contributed by atoms with Crippen LogP contribution in [0.5, 0.6) is 11.5 Å². The van der Waals surface area contributed by atoms with Crippen LogP contribution in [-0.4, -0.2) is 33.2 Å². The van der Waals surface area contributed by atoms with E-state index in [1.807, 2.05) is 0 Å². The van der Waals surface area contributed by atoms with Crippen molar-refractivity contribution in [1.82, 2.24) is 0 Å². The van der Waals surface area contributed by atoms with Crippen LogP contribution >= 0.6 is 0 Å². The molecule has 0 heterocycles. The van der Waals surface area contributed by atoms with Gasteiger partial charge in [0.1, 0.15) is 0 Å². The van der Waals surface area contributed by atoms with Crippen molar-refractivity contribution in [2.24, 2.45) is 17.8 Å². The van der Waals surface area contributed by atoms with Gasteiger partial charge in [0.05, 0.1) is 32.6 Å². The summed E-state index contributed by atoms with van der Waals surface area (Å²) >= 11 is 0. The van der Waals surface area contributed by atoms with E-state index in [0.717, 1.165) is 19.3 Å². The molecule has 3 rings (SSSR count). The Kier molecular flexibility index (Phi) is 4.64. The summed E-state index contributed by atoms with van der Waals surface area (Å²) in [5.41, 5.74) is 0.652. The van der Waals surface area contributed by atoms with E-state index in [9.17, 15) is 9.59 Å². The van der Waals surface area contributed by atoms with Crippen molar-refractivity contribution in [2.75, 3.05) is 26.6 Å². The molecule has 130 valence electrons. The average Bonchev–Trinajstić information content (AvgIpc) is 3.23. The van der Waals surface area contributed by atoms with Gasteiger partial charge in [-0.2, -0.15) is 0 Å². The summed E-state index contributed by atoms with van der Waals surface area (Å²) in [6.45, 7) is 0. The molecule has 2 fully saturated rings. The highest BCUT2D eigenvalue weighted by atomic mass is 16.5. The Morgan fingerprint density at radius 3 is 2.29 bits per heavy atom. The van der Waals surface area contributed by atoms with E-state index >= 15 is 0 Å². The van der Waals surface area contributed by atoms with E-state index < -0.39 is 5.97 Å². The lowest BCUT2D eigenvalue weighted by Crippen LogP contribution is -2.28. The van der Waals surface area contributed by atoms with Crippen LogP contribution in [0.15, 0.2) is 12.1 Å². The highest BCUT2D eigenvalue weighted by Gasteiger charge is 2.43. The molecule has 0 saturated heterocycles. The van der Waals surface area contributed by atoms with Crippen LogP contribution in [0.2, 0.25) is 0 Å². The van der Waals surface area contributed by atoms with Crippen LogP contribution < -0.4 is 14.8 Å². The maximum absolute atomic E-state index is 12.7. The van der Waals surface area contributed by atoms with Crippen LogP contribution in [0.4, 0.5) is 5.69 Å². The molecule has 3 atom stereocenters. The molecule has 1 N–H and O–H groups in total. The molecule has 0 spiro atoms. The number of ether oxygens (including phenoxy) is 3. The maximum Gasteiger partial charge on any atom is 0.340 e. The molecule has 0 radical (unpaired) electrons. The lowest BCUT2D eigenvalue weighted by molar-refractivity contribution is -0.121. The van der Waals surface area contributed by atoms with Gasteiger partial charge >= 0.3 is 5.97 Å². The number of benzene rings is 1. The number of carbonyl (C=O) groups excluding carboxylic acids is 2. The number of hydrogen-bond acceptors (Lipinski definition) is 5. The number of nitrogens with one attached hydrogen (secondary N) is 1. The normalized spacial score (nSPS) is 24.5. The Hall–Kier alpha value is -2.24. The Morgan fingerprint density at radius 2 is 1.75 bits per heavy atom. The fourth-order valence-electron chi connectivity index (χ4n) is 4.05. The summed E-state index contributed by atoms with van der Waals surface area (Å²) < 4.78 is 15.3. The van der Waals surface area contributed by atoms with Gasteiger partial charge in [-0.1, -0.05) is 6.42 Å². The molecule has 6 nitrogen and oxygen atoms in total. The molecule has 0 aliphatic heterocycles. The Bertz CT molecular complexity index is 657. The second kappa shape index (κ2) is 6.71. The van der Waals surface area contributed by atoms with Crippen LogP contribution in [0, 0.1) is 17.8 Å². The smallest absolute Gasteiger partial charge is 0.340 e. The summed E-state index contributed by atoms with van der Waals surface area (Å²) in [6, 6.07) is 3.14. The number of methoxy groups -OCH3 is 3. The zero-order chi connectivity index (χ0) is 17.3. The molecular weight excluding hydrogens is 310 g/mol. The van der Waals surface area contributed by atoms with Gasteiger partial charge in [0.25, 0.3) is 0 Å². The topological polar surface area (TPSA) is 73.9 Å². The first kappa shape index (κ1) is 16.6. The minimum Gasteiger partial charge on any atom is -0.493 e. The number of anilines is 1. The van der Waals surface area contributed by atoms with Gasteiger partial charge in [0.2, 0.25) is 5.91 Å². The lowest BCUT2D eigenvalue weighted by atomic mass is 9.88. The van der Waals surface area contributed by atoms with Gasteiger partial charge in [-0.05, 0) is 31.1 Å². The summed E-state index contributed by atoms with van der Waals surface area (Å²) in [4.78, 5) is 24.7. The van der Waals surface area contributed by atoms with Gasteiger partial charge in [0, 0.05) is 18.1 Å². The fraction of sp³-hybridized carbons (Fsp3) is 0.556. The Labute approximate surface area is 141 Å². The molecule has 2 bridgehead atoms. The molecule has 1 aromatic carbocycles. The zero-order valence-electron chi connectivity index (χ0n) is 14.3. The first-order valence-corrected chi connectivity index (χ1v) is 8.22. The minimum atomic E-state index is -0.529. The molecule has 2 aliphatic rings.